The summed E-state index contributed by atoms with van der Waals surface area (Å²) in [5.41, 5.74) is 6.26. The minimum atomic E-state index is -0.0290. The predicted octanol–water partition coefficient (Wildman–Crippen LogP) is 6.46. The van der Waals surface area contributed by atoms with Gasteiger partial charge in [-0.2, -0.15) is 0 Å². The van der Waals surface area contributed by atoms with E-state index in [2.05, 4.69) is 31.3 Å². The minimum Gasteiger partial charge on any atom is -0.325 e. The predicted molar refractivity (Wildman–Crippen MR) is 134 cm³/mol. The number of rotatable bonds is 7. The molecule has 32 heavy (non-hydrogen) atoms. The maximum atomic E-state index is 12.8. The third kappa shape index (κ3) is 4.68. The molecule has 0 atom stereocenters. The number of fused-ring (bicyclic) bond motifs is 1. The van der Waals surface area contributed by atoms with Crippen molar-refractivity contribution in [3.8, 4) is 11.4 Å². The Morgan fingerprint density at radius 1 is 0.875 bits per heavy atom. The van der Waals surface area contributed by atoms with E-state index in [9.17, 15) is 4.79 Å². The van der Waals surface area contributed by atoms with Crippen molar-refractivity contribution in [1.29, 1.82) is 0 Å². The molecular weight excluding hydrogens is 414 g/mol. The van der Waals surface area contributed by atoms with Crippen LogP contribution in [0.1, 0.15) is 30.5 Å². The molecule has 5 heteroatoms. The highest BCUT2D eigenvalue weighted by atomic mass is 32.2. The lowest BCUT2D eigenvalue weighted by Crippen LogP contribution is -2.16. The number of carbonyl (C=O) groups is 1. The summed E-state index contributed by atoms with van der Waals surface area (Å²) in [6.07, 6.45) is 1.77. The van der Waals surface area contributed by atoms with Crippen molar-refractivity contribution >= 4 is 34.3 Å². The van der Waals surface area contributed by atoms with Gasteiger partial charge in [0.1, 0.15) is 5.03 Å². The Morgan fingerprint density at radius 3 is 2.34 bits per heavy atom. The quantitative estimate of drug-likeness (QED) is 0.264. The lowest BCUT2D eigenvalue weighted by molar-refractivity contribution is -0.113. The lowest BCUT2D eigenvalue weighted by atomic mass is 10.1. The summed E-state index contributed by atoms with van der Waals surface area (Å²) in [4.78, 5) is 22.6. The summed E-state index contributed by atoms with van der Waals surface area (Å²) in [6.45, 7) is 6.26. The summed E-state index contributed by atoms with van der Waals surface area (Å²) >= 11 is 1.46. The Morgan fingerprint density at radius 2 is 1.59 bits per heavy atom. The van der Waals surface area contributed by atoms with Gasteiger partial charge in [0.05, 0.1) is 11.3 Å². The van der Waals surface area contributed by atoms with Crippen LogP contribution in [-0.2, 0) is 17.6 Å². The summed E-state index contributed by atoms with van der Waals surface area (Å²) in [6, 6.07) is 22.3. The number of hydrogen-bond donors (Lipinski definition) is 1. The molecule has 0 bridgehead atoms. The van der Waals surface area contributed by atoms with Crippen LogP contribution in [0.25, 0.3) is 22.3 Å². The highest BCUT2D eigenvalue weighted by Gasteiger charge is 2.15. The molecular formula is C27H27N3OS. The van der Waals surface area contributed by atoms with Crippen molar-refractivity contribution in [2.45, 2.75) is 38.6 Å². The molecule has 162 valence electrons. The molecule has 4 nitrogen and oxygen atoms in total. The molecule has 1 amide bonds. The third-order valence-corrected chi connectivity index (χ3v) is 6.52. The number of anilines is 1. The van der Waals surface area contributed by atoms with Crippen molar-refractivity contribution in [3.63, 3.8) is 0 Å². The van der Waals surface area contributed by atoms with Gasteiger partial charge in [0, 0.05) is 16.6 Å². The number of nitrogens with one attached hydrogen (secondary N) is 1. The maximum absolute atomic E-state index is 12.8. The molecule has 0 spiro atoms. The number of carbonyl (C=O) groups excluding carboxylic acids is 1. The Balaban J connectivity index is 1.65. The minimum absolute atomic E-state index is 0.0290. The molecule has 0 saturated carbocycles. The van der Waals surface area contributed by atoms with Crippen molar-refractivity contribution in [3.05, 3.63) is 83.4 Å². The van der Waals surface area contributed by atoms with Crippen molar-refractivity contribution in [2.75, 3.05) is 11.1 Å². The number of amides is 1. The van der Waals surface area contributed by atoms with Crippen LogP contribution in [-0.4, -0.2) is 21.6 Å². The van der Waals surface area contributed by atoms with Gasteiger partial charge in [-0.25, -0.2) is 9.97 Å². The number of nitrogens with zero attached hydrogens (tertiary/aromatic N) is 2. The average molecular weight is 442 g/mol. The number of thioether (sulfide) groups is 1. The monoisotopic (exact) mass is 441 g/mol. The number of aryl methyl sites for hydroxylation is 3. The fraction of sp³-hybridized carbons (Fsp3) is 0.222. The molecule has 4 rings (SSSR count). The van der Waals surface area contributed by atoms with Crippen LogP contribution in [0.15, 0.2) is 71.8 Å². The molecule has 0 fully saturated rings. The summed E-state index contributed by atoms with van der Waals surface area (Å²) < 4.78 is 0. The van der Waals surface area contributed by atoms with E-state index in [1.165, 1.54) is 17.3 Å². The molecule has 0 unspecified atom stereocenters. The van der Waals surface area contributed by atoms with Crippen LogP contribution in [0.3, 0.4) is 0 Å². The van der Waals surface area contributed by atoms with Gasteiger partial charge in [-0.1, -0.05) is 92.3 Å². The standard InChI is InChI=1S/C27H27N3OS/c1-4-19-14-9-11-18(3)24(19)28-23(31)17-32-27-22-16-10-15-20(5-2)25(22)29-26(30-27)21-12-7-6-8-13-21/h6-16H,4-5,17H2,1-3H3,(H,28,31). The summed E-state index contributed by atoms with van der Waals surface area (Å²) in [5.74, 6) is 0.946. The fourth-order valence-electron chi connectivity index (χ4n) is 3.81. The zero-order chi connectivity index (χ0) is 22.5. The van der Waals surface area contributed by atoms with Crippen LogP contribution in [0, 0.1) is 6.92 Å². The zero-order valence-corrected chi connectivity index (χ0v) is 19.5. The molecule has 1 heterocycles. The van der Waals surface area contributed by atoms with Crippen LogP contribution >= 0.6 is 11.8 Å². The van der Waals surface area contributed by atoms with E-state index < -0.39 is 0 Å². The number of aromatic nitrogens is 2. The van der Waals surface area contributed by atoms with E-state index in [0.29, 0.717) is 5.82 Å². The van der Waals surface area contributed by atoms with E-state index in [4.69, 9.17) is 9.97 Å². The van der Waals surface area contributed by atoms with Crippen LogP contribution in [0.4, 0.5) is 5.69 Å². The Labute approximate surface area is 193 Å². The zero-order valence-electron chi connectivity index (χ0n) is 18.7. The van der Waals surface area contributed by atoms with Gasteiger partial charge >= 0.3 is 0 Å². The average Bonchev–Trinajstić information content (AvgIpc) is 2.83. The third-order valence-electron chi connectivity index (χ3n) is 5.53. The number of benzene rings is 3. The lowest BCUT2D eigenvalue weighted by Gasteiger charge is -2.14. The summed E-state index contributed by atoms with van der Waals surface area (Å²) in [7, 11) is 0. The first-order valence-corrected chi connectivity index (χ1v) is 12.0. The second-order valence-corrected chi connectivity index (χ2v) is 8.65. The molecule has 0 radical (unpaired) electrons. The maximum Gasteiger partial charge on any atom is 0.234 e. The van der Waals surface area contributed by atoms with E-state index in [-0.39, 0.29) is 11.7 Å². The Hall–Kier alpha value is -3.18. The first-order valence-electron chi connectivity index (χ1n) is 11.0. The van der Waals surface area contributed by atoms with Crippen LogP contribution < -0.4 is 5.32 Å². The molecule has 4 aromatic rings. The van der Waals surface area contributed by atoms with E-state index >= 15 is 0 Å². The van der Waals surface area contributed by atoms with Gasteiger partial charge in [-0.05, 0) is 36.5 Å². The first-order chi connectivity index (χ1) is 15.6. The van der Waals surface area contributed by atoms with Gasteiger partial charge in [0.2, 0.25) is 5.91 Å². The normalized spacial score (nSPS) is 11.0. The smallest absolute Gasteiger partial charge is 0.234 e. The van der Waals surface area contributed by atoms with Gasteiger partial charge in [-0.15, -0.1) is 0 Å². The first kappa shape index (κ1) is 22.0. The largest absolute Gasteiger partial charge is 0.325 e. The highest BCUT2D eigenvalue weighted by molar-refractivity contribution is 8.00. The molecule has 0 saturated heterocycles. The van der Waals surface area contributed by atoms with Crippen LogP contribution in [0.2, 0.25) is 0 Å². The van der Waals surface area contributed by atoms with E-state index in [1.807, 2.05) is 61.5 Å². The van der Waals surface area contributed by atoms with Gasteiger partial charge in [0.15, 0.2) is 5.82 Å². The van der Waals surface area contributed by atoms with Gasteiger partial charge in [-0.3, -0.25) is 4.79 Å². The van der Waals surface area contributed by atoms with Crippen molar-refractivity contribution in [1.82, 2.24) is 9.97 Å². The molecule has 0 aliphatic carbocycles. The van der Waals surface area contributed by atoms with Crippen molar-refractivity contribution < 1.29 is 4.79 Å². The molecule has 0 aliphatic rings. The molecule has 1 N–H and O–H groups in total. The SMILES string of the molecule is CCc1cccc(C)c1NC(=O)CSc1nc(-c2ccccc2)nc2c(CC)cccc12. The fourth-order valence-corrected chi connectivity index (χ4v) is 4.62. The second kappa shape index (κ2) is 9.96. The second-order valence-electron chi connectivity index (χ2n) is 7.68. The van der Waals surface area contributed by atoms with Crippen molar-refractivity contribution in [2.24, 2.45) is 0 Å². The number of hydrogen-bond acceptors (Lipinski definition) is 4. The number of para-hydroxylation sites is 2. The van der Waals surface area contributed by atoms with E-state index in [1.54, 1.807) is 0 Å². The topological polar surface area (TPSA) is 54.9 Å². The Kier molecular flexibility index (Phi) is 6.86. The Bertz CT molecular complexity index is 1250. The molecule has 0 aliphatic heterocycles. The summed E-state index contributed by atoms with van der Waals surface area (Å²) in [5, 5.41) is 4.94. The molecule has 3 aromatic carbocycles. The van der Waals surface area contributed by atoms with E-state index in [0.717, 1.165) is 51.1 Å². The molecule has 1 aromatic heterocycles. The highest BCUT2D eigenvalue weighted by Crippen LogP contribution is 2.31. The van der Waals surface area contributed by atoms with Gasteiger partial charge in [0.25, 0.3) is 0 Å². The van der Waals surface area contributed by atoms with Gasteiger partial charge < -0.3 is 5.32 Å². The van der Waals surface area contributed by atoms with Crippen LogP contribution in [0.5, 0.6) is 0 Å².